The molecule has 9 nitrogen and oxygen atoms in total. The van der Waals surface area contributed by atoms with E-state index in [0.29, 0.717) is 31.0 Å². The van der Waals surface area contributed by atoms with E-state index in [1.54, 1.807) is 34.1 Å². The molecule has 0 aromatic heterocycles. The van der Waals surface area contributed by atoms with Crippen LogP contribution in [-0.2, 0) is 19.6 Å². The third kappa shape index (κ3) is 5.10. The van der Waals surface area contributed by atoms with Crippen LogP contribution in [0.1, 0.15) is 52.4 Å². The Morgan fingerprint density at radius 2 is 1.65 bits per heavy atom. The van der Waals surface area contributed by atoms with Crippen LogP contribution in [0.5, 0.6) is 0 Å². The van der Waals surface area contributed by atoms with Crippen LogP contribution in [0, 0.1) is 0 Å². The van der Waals surface area contributed by atoms with Crippen LogP contribution >= 0.6 is 0 Å². The van der Waals surface area contributed by atoms with Gasteiger partial charge in [-0.3, -0.25) is 9.69 Å². The SMILES string of the molecule is CC(=O)N1c2ccc(-c3ccc(S(=O)(=O)N4CCCN4)cc3)cc2N(C(=O)OC2CCCCC2)C[C@@H]1C. The number of nitrogens with zero attached hydrogens (tertiary/aromatic N) is 3. The molecule has 10 heteroatoms. The van der Waals surface area contributed by atoms with Crippen LogP contribution in [0.3, 0.4) is 0 Å². The molecular formula is C27H34N4O5S. The van der Waals surface area contributed by atoms with Gasteiger partial charge in [-0.1, -0.05) is 24.6 Å². The number of amides is 2. The zero-order valence-corrected chi connectivity index (χ0v) is 22.2. The van der Waals surface area contributed by atoms with Crippen LogP contribution in [-0.4, -0.2) is 56.6 Å². The van der Waals surface area contributed by atoms with E-state index >= 15 is 0 Å². The van der Waals surface area contributed by atoms with Crippen LogP contribution < -0.4 is 15.2 Å². The van der Waals surface area contributed by atoms with Crippen LogP contribution in [0.25, 0.3) is 11.1 Å². The largest absolute Gasteiger partial charge is 0.446 e. The summed E-state index contributed by atoms with van der Waals surface area (Å²) in [5, 5.41) is 0. The molecule has 2 aromatic carbocycles. The molecule has 1 saturated heterocycles. The van der Waals surface area contributed by atoms with Crippen molar-refractivity contribution in [3.63, 3.8) is 0 Å². The zero-order valence-electron chi connectivity index (χ0n) is 21.4. The van der Waals surface area contributed by atoms with E-state index in [9.17, 15) is 18.0 Å². The number of hydrogen-bond donors (Lipinski definition) is 1. The Kier molecular flexibility index (Phi) is 7.24. The number of sulfonamides is 1. The van der Waals surface area contributed by atoms with Gasteiger partial charge in [-0.15, -0.1) is 4.41 Å². The maximum absolute atomic E-state index is 13.3. The molecule has 2 aliphatic heterocycles. The highest BCUT2D eigenvalue weighted by molar-refractivity contribution is 7.89. The molecule has 2 fully saturated rings. The van der Waals surface area contributed by atoms with E-state index in [0.717, 1.165) is 43.2 Å². The lowest BCUT2D eigenvalue weighted by Gasteiger charge is -2.41. The van der Waals surface area contributed by atoms with Gasteiger partial charge in [0.15, 0.2) is 0 Å². The number of rotatable bonds is 4. The molecule has 1 atom stereocenters. The van der Waals surface area contributed by atoms with Crippen molar-refractivity contribution in [3.8, 4) is 11.1 Å². The highest BCUT2D eigenvalue weighted by Crippen LogP contribution is 2.39. The van der Waals surface area contributed by atoms with Gasteiger partial charge >= 0.3 is 6.09 Å². The molecule has 0 spiro atoms. The first kappa shape index (κ1) is 25.7. The Hall–Kier alpha value is -2.95. The number of nitrogens with one attached hydrogen (secondary N) is 1. The van der Waals surface area contributed by atoms with E-state index in [1.165, 1.54) is 17.8 Å². The topological polar surface area (TPSA) is 99.3 Å². The summed E-state index contributed by atoms with van der Waals surface area (Å²) in [5.41, 5.74) is 5.80. The molecule has 1 saturated carbocycles. The lowest BCUT2D eigenvalue weighted by Crippen LogP contribution is -2.52. The predicted octanol–water partition coefficient (Wildman–Crippen LogP) is 4.28. The highest BCUT2D eigenvalue weighted by atomic mass is 32.2. The zero-order chi connectivity index (χ0) is 26.2. The number of anilines is 2. The summed E-state index contributed by atoms with van der Waals surface area (Å²) in [6, 6.07) is 12.2. The van der Waals surface area contributed by atoms with E-state index < -0.39 is 10.0 Å². The molecule has 0 unspecified atom stereocenters. The van der Waals surface area contributed by atoms with Crippen LogP contribution in [0.2, 0.25) is 0 Å². The molecule has 0 bridgehead atoms. The van der Waals surface area contributed by atoms with Crippen molar-refractivity contribution in [3.05, 3.63) is 42.5 Å². The van der Waals surface area contributed by atoms with Gasteiger partial charge in [-0.2, -0.15) is 0 Å². The molecule has 2 heterocycles. The molecule has 5 rings (SSSR count). The third-order valence-electron chi connectivity index (χ3n) is 7.39. The molecule has 1 aliphatic carbocycles. The van der Waals surface area contributed by atoms with Gasteiger partial charge in [-0.25, -0.2) is 18.6 Å². The van der Waals surface area contributed by atoms with Gasteiger partial charge < -0.3 is 9.64 Å². The van der Waals surface area contributed by atoms with Crippen molar-refractivity contribution >= 4 is 33.4 Å². The molecule has 0 radical (unpaired) electrons. The second-order valence-corrected chi connectivity index (χ2v) is 11.9. The quantitative estimate of drug-likeness (QED) is 0.638. The monoisotopic (exact) mass is 526 g/mol. The maximum atomic E-state index is 13.3. The van der Waals surface area contributed by atoms with Crippen molar-refractivity contribution in [2.24, 2.45) is 0 Å². The minimum absolute atomic E-state index is 0.0754. The number of fused-ring (bicyclic) bond motifs is 1. The smallest absolute Gasteiger partial charge is 0.414 e. The van der Waals surface area contributed by atoms with Gasteiger partial charge in [0.1, 0.15) is 6.10 Å². The number of benzene rings is 2. The van der Waals surface area contributed by atoms with Crippen molar-refractivity contribution in [2.75, 3.05) is 29.4 Å². The molecule has 198 valence electrons. The van der Waals surface area contributed by atoms with Crippen molar-refractivity contribution in [1.29, 1.82) is 0 Å². The Balaban J connectivity index is 1.46. The van der Waals surface area contributed by atoms with Gasteiger partial charge in [0.2, 0.25) is 5.91 Å². The fraction of sp³-hybridized carbons (Fsp3) is 0.481. The molecular weight excluding hydrogens is 492 g/mol. The van der Waals surface area contributed by atoms with Gasteiger partial charge in [0.05, 0.1) is 22.3 Å². The molecule has 37 heavy (non-hydrogen) atoms. The first-order valence-electron chi connectivity index (χ1n) is 13.0. The minimum Gasteiger partial charge on any atom is -0.446 e. The summed E-state index contributed by atoms with van der Waals surface area (Å²) < 4.78 is 32.9. The van der Waals surface area contributed by atoms with E-state index in [2.05, 4.69) is 5.43 Å². The first-order chi connectivity index (χ1) is 17.8. The van der Waals surface area contributed by atoms with Crippen LogP contribution in [0.15, 0.2) is 47.4 Å². The fourth-order valence-electron chi connectivity index (χ4n) is 5.50. The minimum atomic E-state index is -3.60. The number of hydrazine groups is 1. The Bertz CT molecular complexity index is 1270. The second kappa shape index (κ2) is 10.4. The van der Waals surface area contributed by atoms with E-state index in [4.69, 9.17) is 4.74 Å². The summed E-state index contributed by atoms with van der Waals surface area (Å²) >= 11 is 0. The number of carbonyl (C=O) groups excluding carboxylic acids is 2. The summed E-state index contributed by atoms with van der Waals surface area (Å²) in [5.74, 6) is -0.0909. The Morgan fingerprint density at radius 3 is 2.30 bits per heavy atom. The van der Waals surface area contributed by atoms with Gasteiger partial charge in [0.25, 0.3) is 10.0 Å². The summed E-state index contributed by atoms with van der Waals surface area (Å²) in [7, 11) is -3.60. The predicted molar refractivity (Wildman–Crippen MR) is 142 cm³/mol. The van der Waals surface area contributed by atoms with E-state index in [-0.39, 0.29) is 29.0 Å². The maximum Gasteiger partial charge on any atom is 0.414 e. The standard InChI is InChI=1S/C27H34N4O5S/c1-19-18-29(27(33)36-23-7-4-3-5-8-23)26-17-22(11-14-25(26)31(19)20(2)32)21-9-12-24(13-10-21)37(34,35)30-16-6-15-28-30/h9-14,17,19,23,28H,3-8,15-16,18H2,1-2H3/t19-/m0/s1. The van der Waals surface area contributed by atoms with Gasteiger partial charge in [-0.05, 0) is 74.4 Å². The van der Waals surface area contributed by atoms with Crippen molar-refractivity contribution in [1.82, 2.24) is 9.84 Å². The molecule has 2 amide bonds. The molecule has 1 N–H and O–H groups in total. The van der Waals surface area contributed by atoms with Crippen molar-refractivity contribution < 1.29 is 22.7 Å². The summed E-state index contributed by atoms with van der Waals surface area (Å²) in [4.78, 5) is 29.4. The Labute approximate surface area is 218 Å². The summed E-state index contributed by atoms with van der Waals surface area (Å²) in [6.45, 7) is 4.88. The van der Waals surface area contributed by atoms with Crippen molar-refractivity contribution in [2.45, 2.75) is 69.4 Å². The Morgan fingerprint density at radius 1 is 0.946 bits per heavy atom. The highest BCUT2D eigenvalue weighted by Gasteiger charge is 2.35. The number of ether oxygens (including phenoxy) is 1. The second-order valence-electron chi connectivity index (χ2n) is 10.1. The lowest BCUT2D eigenvalue weighted by atomic mass is 9.98. The third-order valence-corrected chi connectivity index (χ3v) is 9.15. The normalized spacial score (nSPS) is 21.1. The average molecular weight is 527 g/mol. The average Bonchev–Trinajstić information content (AvgIpc) is 3.44. The number of carbonyl (C=O) groups is 2. The van der Waals surface area contributed by atoms with Gasteiger partial charge in [0, 0.05) is 26.6 Å². The lowest BCUT2D eigenvalue weighted by molar-refractivity contribution is -0.117. The fourth-order valence-corrected chi connectivity index (χ4v) is 6.87. The summed E-state index contributed by atoms with van der Waals surface area (Å²) in [6.07, 6.45) is 5.37. The first-order valence-corrected chi connectivity index (χ1v) is 14.5. The molecule has 3 aliphatic rings. The number of hydrogen-bond acceptors (Lipinski definition) is 6. The van der Waals surface area contributed by atoms with E-state index in [1.807, 2.05) is 25.1 Å². The van der Waals surface area contributed by atoms with Crippen LogP contribution in [0.4, 0.5) is 16.2 Å². The molecule has 2 aromatic rings.